The van der Waals surface area contributed by atoms with Crippen molar-refractivity contribution >= 4 is 0 Å². The molecule has 1 atom stereocenters. The van der Waals surface area contributed by atoms with Gasteiger partial charge in [0.1, 0.15) is 0 Å². The van der Waals surface area contributed by atoms with Crippen LogP contribution in [0.5, 0.6) is 0 Å². The lowest BCUT2D eigenvalue weighted by Crippen LogP contribution is -2.49. The van der Waals surface area contributed by atoms with Crippen molar-refractivity contribution in [2.45, 2.75) is 57.7 Å². The summed E-state index contributed by atoms with van der Waals surface area (Å²) in [4.78, 5) is 0. The molecule has 0 aromatic heterocycles. The first kappa shape index (κ1) is 9.47. The maximum atomic E-state index is 10.5. The van der Waals surface area contributed by atoms with Crippen molar-refractivity contribution in [2.75, 3.05) is 6.61 Å². The monoisotopic (exact) mass is 184 g/mol. The Morgan fingerprint density at radius 1 is 1.23 bits per heavy atom. The largest absolute Gasteiger partial charge is 0.389 e. The maximum absolute atomic E-state index is 10.5. The number of aliphatic hydroxyl groups is 1. The topological polar surface area (TPSA) is 32.8 Å². The van der Waals surface area contributed by atoms with Gasteiger partial charge in [0, 0.05) is 5.41 Å². The lowest BCUT2D eigenvalue weighted by molar-refractivity contribution is -0.103. The molecule has 2 fully saturated rings. The van der Waals surface area contributed by atoms with Crippen molar-refractivity contribution in [2.24, 2.45) is 5.41 Å². The summed E-state index contributed by atoms with van der Waals surface area (Å²) in [6.07, 6.45) is 5.85. The van der Waals surface area contributed by atoms with Crippen molar-refractivity contribution in [3.63, 3.8) is 0 Å². The second-order valence-corrected chi connectivity index (χ2v) is 5.14. The quantitative estimate of drug-likeness (QED) is 0.667. The summed E-state index contributed by atoms with van der Waals surface area (Å²) in [5.41, 5.74) is -0.514. The lowest BCUT2D eigenvalue weighted by atomic mass is 9.65. The predicted octanol–water partition coefficient (Wildman–Crippen LogP) is 2.11. The molecule has 0 aromatic carbocycles. The summed E-state index contributed by atoms with van der Waals surface area (Å²) in [5.74, 6) is 0. The van der Waals surface area contributed by atoms with Gasteiger partial charge in [-0.1, -0.05) is 33.1 Å². The first-order chi connectivity index (χ1) is 6.06. The van der Waals surface area contributed by atoms with E-state index in [0.29, 0.717) is 6.10 Å². The molecule has 1 aliphatic heterocycles. The normalized spacial score (nSPS) is 33.0. The van der Waals surface area contributed by atoms with Crippen LogP contribution in [0.4, 0.5) is 0 Å². The minimum absolute atomic E-state index is 0.0482. The predicted molar refractivity (Wildman–Crippen MR) is 51.6 cm³/mol. The zero-order chi connectivity index (χ0) is 9.53. The van der Waals surface area contributed by atoms with Gasteiger partial charge in [0.25, 0.3) is 0 Å². The molecule has 1 unspecified atom stereocenters. The molecule has 0 aromatic rings. The van der Waals surface area contributed by atoms with Gasteiger partial charge in [0.2, 0.25) is 0 Å². The average Bonchev–Trinajstić information content (AvgIpc) is 2.87. The highest BCUT2D eigenvalue weighted by Gasteiger charge is 2.53. The van der Waals surface area contributed by atoms with Crippen LogP contribution in [0.15, 0.2) is 0 Å². The second-order valence-electron chi connectivity index (χ2n) is 5.14. The summed E-state index contributed by atoms with van der Waals surface area (Å²) in [6, 6.07) is 0. The van der Waals surface area contributed by atoms with E-state index in [-0.39, 0.29) is 5.41 Å². The highest BCUT2D eigenvalue weighted by molar-refractivity contribution is 5.02. The second kappa shape index (κ2) is 2.96. The van der Waals surface area contributed by atoms with Crippen LogP contribution < -0.4 is 0 Å². The molecule has 13 heavy (non-hydrogen) atoms. The van der Waals surface area contributed by atoms with E-state index in [2.05, 4.69) is 13.8 Å². The molecule has 1 saturated heterocycles. The van der Waals surface area contributed by atoms with Crippen molar-refractivity contribution < 1.29 is 9.84 Å². The number of hydrogen-bond donors (Lipinski definition) is 1. The SMILES string of the molecule is CC(C)(C1CO1)C1(O)CCCCC1. The number of rotatable bonds is 2. The molecule has 2 nitrogen and oxygen atoms in total. The van der Waals surface area contributed by atoms with Gasteiger partial charge in [-0.05, 0) is 12.8 Å². The van der Waals surface area contributed by atoms with Crippen LogP contribution in [-0.4, -0.2) is 23.4 Å². The van der Waals surface area contributed by atoms with Crippen molar-refractivity contribution in [1.82, 2.24) is 0 Å². The average molecular weight is 184 g/mol. The fourth-order valence-electron chi connectivity index (χ4n) is 2.55. The molecular weight excluding hydrogens is 164 g/mol. The molecule has 0 amide bonds. The molecule has 0 radical (unpaired) electrons. The Hall–Kier alpha value is -0.0800. The minimum atomic E-state index is -0.466. The van der Waals surface area contributed by atoms with Crippen LogP contribution in [0.1, 0.15) is 46.0 Å². The van der Waals surface area contributed by atoms with E-state index >= 15 is 0 Å². The highest BCUT2D eigenvalue weighted by Crippen LogP contribution is 2.48. The molecule has 2 heteroatoms. The highest BCUT2D eigenvalue weighted by atomic mass is 16.6. The van der Waals surface area contributed by atoms with Gasteiger partial charge in [-0.3, -0.25) is 0 Å². The first-order valence-corrected chi connectivity index (χ1v) is 5.40. The fraction of sp³-hybridized carbons (Fsp3) is 1.00. The van der Waals surface area contributed by atoms with E-state index in [4.69, 9.17) is 4.74 Å². The lowest BCUT2D eigenvalue weighted by Gasteiger charge is -2.44. The third-order valence-electron chi connectivity index (χ3n) is 4.02. The van der Waals surface area contributed by atoms with E-state index < -0.39 is 5.60 Å². The van der Waals surface area contributed by atoms with Gasteiger partial charge in [-0.15, -0.1) is 0 Å². The smallest absolute Gasteiger partial charge is 0.0888 e. The zero-order valence-corrected chi connectivity index (χ0v) is 8.68. The minimum Gasteiger partial charge on any atom is -0.389 e. The molecule has 1 heterocycles. The first-order valence-electron chi connectivity index (χ1n) is 5.40. The molecule has 1 aliphatic carbocycles. The Kier molecular flexibility index (Phi) is 2.16. The summed E-state index contributed by atoms with van der Waals surface area (Å²) in [7, 11) is 0. The Labute approximate surface area is 80.3 Å². The van der Waals surface area contributed by atoms with Crippen molar-refractivity contribution in [1.29, 1.82) is 0 Å². The van der Waals surface area contributed by atoms with Crippen molar-refractivity contribution in [3.8, 4) is 0 Å². The van der Waals surface area contributed by atoms with Crippen LogP contribution in [0, 0.1) is 5.41 Å². The Morgan fingerprint density at radius 3 is 2.23 bits per heavy atom. The fourth-order valence-corrected chi connectivity index (χ4v) is 2.55. The van der Waals surface area contributed by atoms with E-state index in [0.717, 1.165) is 19.4 Å². The third kappa shape index (κ3) is 1.50. The summed E-state index contributed by atoms with van der Waals surface area (Å²) >= 11 is 0. The van der Waals surface area contributed by atoms with Gasteiger partial charge < -0.3 is 9.84 Å². The summed E-state index contributed by atoms with van der Waals surface area (Å²) < 4.78 is 5.33. The van der Waals surface area contributed by atoms with Crippen LogP contribution >= 0.6 is 0 Å². The van der Waals surface area contributed by atoms with Gasteiger partial charge >= 0.3 is 0 Å². The van der Waals surface area contributed by atoms with Crippen molar-refractivity contribution in [3.05, 3.63) is 0 Å². The van der Waals surface area contributed by atoms with E-state index in [1.165, 1.54) is 19.3 Å². The summed E-state index contributed by atoms with van der Waals surface area (Å²) in [6.45, 7) is 5.14. The van der Waals surface area contributed by atoms with Crippen LogP contribution in [0.3, 0.4) is 0 Å². The van der Waals surface area contributed by atoms with E-state index in [1.54, 1.807) is 0 Å². The summed E-state index contributed by atoms with van der Waals surface area (Å²) in [5, 5.41) is 10.5. The van der Waals surface area contributed by atoms with E-state index in [9.17, 15) is 5.11 Å². The third-order valence-corrected chi connectivity index (χ3v) is 4.02. The van der Waals surface area contributed by atoms with Crippen LogP contribution in [0.2, 0.25) is 0 Å². The van der Waals surface area contributed by atoms with Crippen LogP contribution in [-0.2, 0) is 4.74 Å². The molecular formula is C11H20O2. The number of ether oxygens (including phenoxy) is 1. The Balaban J connectivity index is 2.10. The molecule has 76 valence electrons. The van der Waals surface area contributed by atoms with E-state index in [1.807, 2.05) is 0 Å². The molecule has 1 saturated carbocycles. The maximum Gasteiger partial charge on any atom is 0.0888 e. The molecule has 0 spiro atoms. The number of epoxide rings is 1. The molecule has 2 aliphatic rings. The van der Waals surface area contributed by atoms with Gasteiger partial charge in [-0.2, -0.15) is 0 Å². The Bertz CT molecular complexity index is 188. The van der Waals surface area contributed by atoms with Gasteiger partial charge in [-0.25, -0.2) is 0 Å². The molecule has 2 rings (SSSR count). The Morgan fingerprint density at radius 2 is 1.77 bits per heavy atom. The van der Waals surface area contributed by atoms with Gasteiger partial charge in [0.05, 0.1) is 18.3 Å². The van der Waals surface area contributed by atoms with Gasteiger partial charge in [0.15, 0.2) is 0 Å². The van der Waals surface area contributed by atoms with Crippen LogP contribution in [0.25, 0.3) is 0 Å². The molecule has 1 N–H and O–H groups in total. The number of hydrogen-bond acceptors (Lipinski definition) is 2. The molecule has 0 bridgehead atoms. The zero-order valence-electron chi connectivity index (χ0n) is 8.68. The standard InChI is InChI=1S/C11H20O2/c1-10(2,9-8-13-9)11(12)6-4-3-5-7-11/h9,12H,3-8H2,1-2H3.